The first kappa shape index (κ1) is 14.5. The van der Waals surface area contributed by atoms with E-state index in [2.05, 4.69) is 46.8 Å². The second kappa shape index (κ2) is 7.05. The lowest BCUT2D eigenvalue weighted by molar-refractivity contribution is 0.664. The molecule has 0 bridgehead atoms. The lowest BCUT2D eigenvalue weighted by Crippen LogP contribution is -2.28. The highest BCUT2D eigenvalue weighted by molar-refractivity contribution is 7.09. The van der Waals surface area contributed by atoms with Gasteiger partial charge in [0, 0.05) is 24.2 Å². The molecule has 0 spiro atoms. The minimum absolute atomic E-state index is 0.898. The van der Waals surface area contributed by atoms with Crippen molar-refractivity contribution in [3.63, 3.8) is 0 Å². The van der Waals surface area contributed by atoms with E-state index in [0.717, 1.165) is 26.2 Å². The molecule has 2 aromatic rings. The van der Waals surface area contributed by atoms with Gasteiger partial charge in [0.15, 0.2) is 0 Å². The summed E-state index contributed by atoms with van der Waals surface area (Å²) in [5.74, 6) is 0. The van der Waals surface area contributed by atoms with Gasteiger partial charge in [-0.1, -0.05) is 25.1 Å². The molecule has 4 heteroatoms. The summed E-state index contributed by atoms with van der Waals surface area (Å²) in [5, 5.41) is 6.82. The van der Waals surface area contributed by atoms with Gasteiger partial charge in [-0.05, 0) is 37.4 Å². The number of benzene rings is 1. The number of hydrogen-bond donors (Lipinski definition) is 1. The molecule has 1 aromatic carbocycles. The van der Waals surface area contributed by atoms with Gasteiger partial charge in [0.05, 0.1) is 12.2 Å². The summed E-state index contributed by atoms with van der Waals surface area (Å²) >= 11 is 1.77. The third-order valence-corrected chi connectivity index (χ3v) is 4.76. The summed E-state index contributed by atoms with van der Waals surface area (Å²) < 4.78 is 0. The van der Waals surface area contributed by atoms with Gasteiger partial charge < -0.3 is 10.2 Å². The second-order valence-electron chi connectivity index (χ2n) is 5.56. The van der Waals surface area contributed by atoms with Crippen molar-refractivity contribution in [1.29, 1.82) is 0 Å². The fourth-order valence-corrected chi connectivity index (χ4v) is 3.60. The van der Waals surface area contributed by atoms with Crippen molar-refractivity contribution >= 4 is 17.0 Å². The summed E-state index contributed by atoms with van der Waals surface area (Å²) in [6, 6.07) is 8.77. The van der Waals surface area contributed by atoms with E-state index in [1.807, 2.05) is 0 Å². The van der Waals surface area contributed by atoms with Crippen LogP contribution in [-0.4, -0.2) is 18.1 Å². The number of para-hydroxylation sites is 1. The zero-order chi connectivity index (χ0) is 14.5. The minimum atomic E-state index is 0.898. The summed E-state index contributed by atoms with van der Waals surface area (Å²) in [6.45, 7) is 6.22. The smallest absolute Gasteiger partial charge is 0.107 e. The van der Waals surface area contributed by atoms with Crippen molar-refractivity contribution in [3.05, 3.63) is 45.9 Å². The van der Waals surface area contributed by atoms with E-state index in [-0.39, 0.29) is 0 Å². The predicted molar refractivity (Wildman–Crippen MR) is 89.9 cm³/mol. The van der Waals surface area contributed by atoms with Crippen LogP contribution < -0.4 is 10.2 Å². The van der Waals surface area contributed by atoms with Gasteiger partial charge in [0.25, 0.3) is 0 Å². The number of nitrogens with one attached hydrogen (secondary N) is 1. The zero-order valence-corrected chi connectivity index (χ0v) is 13.5. The lowest BCUT2D eigenvalue weighted by atomic mass is 10.0. The van der Waals surface area contributed by atoms with Gasteiger partial charge in [0.1, 0.15) is 5.01 Å². The second-order valence-corrected chi connectivity index (χ2v) is 6.51. The number of hydrogen-bond acceptors (Lipinski definition) is 4. The van der Waals surface area contributed by atoms with Crippen LogP contribution in [0.4, 0.5) is 5.69 Å². The normalized spacial score (nSPS) is 14.2. The Kier molecular flexibility index (Phi) is 4.88. The Morgan fingerprint density at radius 3 is 3.14 bits per heavy atom. The van der Waals surface area contributed by atoms with E-state index in [9.17, 15) is 0 Å². The Hall–Kier alpha value is -1.39. The number of nitrogens with zero attached hydrogens (tertiary/aromatic N) is 2. The summed E-state index contributed by atoms with van der Waals surface area (Å²) in [5.41, 5.74) is 4.07. The van der Waals surface area contributed by atoms with E-state index in [0.29, 0.717) is 0 Å². The standard InChI is InChI=1S/C17H23N3S/c1-2-9-18-11-17-19-15(13-21-17)12-20-10-5-7-14-6-3-4-8-16(14)20/h3-4,6,8,13,18H,2,5,7,9-12H2,1H3. The molecule has 0 saturated carbocycles. The Balaban J connectivity index is 1.65. The fraction of sp³-hybridized carbons (Fsp3) is 0.471. The molecule has 0 radical (unpaired) electrons. The minimum Gasteiger partial charge on any atom is -0.365 e. The molecule has 1 N–H and O–H groups in total. The molecule has 0 aliphatic carbocycles. The molecule has 112 valence electrons. The van der Waals surface area contributed by atoms with Gasteiger partial charge in [-0.3, -0.25) is 0 Å². The van der Waals surface area contributed by atoms with Crippen LogP contribution in [0.25, 0.3) is 0 Å². The summed E-state index contributed by atoms with van der Waals surface area (Å²) in [4.78, 5) is 7.23. The van der Waals surface area contributed by atoms with E-state index in [1.54, 1.807) is 11.3 Å². The molecule has 0 unspecified atom stereocenters. The number of aryl methyl sites for hydroxylation is 1. The van der Waals surface area contributed by atoms with E-state index >= 15 is 0 Å². The largest absolute Gasteiger partial charge is 0.365 e. The predicted octanol–water partition coefficient (Wildman–Crippen LogP) is 3.60. The zero-order valence-electron chi connectivity index (χ0n) is 12.6. The average Bonchev–Trinajstić information content (AvgIpc) is 2.96. The van der Waals surface area contributed by atoms with Crippen molar-refractivity contribution in [3.8, 4) is 0 Å². The fourth-order valence-electron chi connectivity index (χ4n) is 2.85. The Bertz CT molecular complexity index is 579. The molecule has 3 nitrogen and oxygen atoms in total. The van der Waals surface area contributed by atoms with Crippen LogP contribution >= 0.6 is 11.3 Å². The van der Waals surface area contributed by atoms with Crippen molar-refractivity contribution in [1.82, 2.24) is 10.3 Å². The monoisotopic (exact) mass is 301 g/mol. The van der Waals surface area contributed by atoms with Crippen LogP contribution in [0, 0.1) is 0 Å². The number of anilines is 1. The molecule has 0 amide bonds. The number of aromatic nitrogens is 1. The van der Waals surface area contributed by atoms with Crippen LogP contribution in [0.1, 0.15) is 36.0 Å². The van der Waals surface area contributed by atoms with Crippen molar-refractivity contribution < 1.29 is 0 Å². The van der Waals surface area contributed by atoms with Crippen LogP contribution in [-0.2, 0) is 19.5 Å². The topological polar surface area (TPSA) is 28.2 Å². The van der Waals surface area contributed by atoms with Crippen LogP contribution in [0.5, 0.6) is 0 Å². The summed E-state index contributed by atoms with van der Waals surface area (Å²) in [7, 11) is 0. The molecule has 1 aliphatic heterocycles. The number of fused-ring (bicyclic) bond motifs is 1. The quantitative estimate of drug-likeness (QED) is 0.826. The third-order valence-electron chi connectivity index (χ3n) is 3.86. The maximum absolute atomic E-state index is 4.76. The Morgan fingerprint density at radius 2 is 2.24 bits per heavy atom. The van der Waals surface area contributed by atoms with Gasteiger partial charge in [-0.25, -0.2) is 4.98 Å². The van der Waals surface area contributed by atoms with Gasteiger partial charge in [0.2, 0.25) is 0 Å². The molecule has 0 saturated heterocycles. The van der Waals surface area contributed by atoms with Crippen molar-refractivity contribution in [2.24, 2.45) is 0 Å². The van der Waals surface area contributed by atoms with Gasteiger partial charge >= 0.3 is 0 Å². The van der Waals surface area contributed by atoms with E-state index in [1.165, 1.54) is 41.2 Å². The highest BCUT2D eigenvalue weighted by Gasteiger charge is 2.17. The third kappa shape index (κ3) is 3.63. The molecular weight excluding hydrogens is 278 g/mol. The van der Waals surface area contributed by atoms with E-state index in [4.69, 9.17) is 4.98 Å². The molecule has 0 atom stereocenters. The maximum Gasteiger partial charge on any atom is 0.107 e. The molecule has 1 aliphatic rings. The summed E-state index contributed by atoms with van der Waals surface area (Å²) in [6.07, 6.45) is 3.62. The SMILES string of the molecule is CCCNCc1nc(CN2CCCc3ccccc32)cs1. The highest BCUT2D eigenvalue weighted by atomic mass is 32.1. The first-order valence-electron chi connectivity index (χ1n) is 7.83. The molecule has 1 aromatic heterocycles. The van der Waals surface area contributed by atoms with Crippen LogP contribution in [0.2, 0.25) is 0 Å². The highest BCUT2D eigenvalue weighted by Crippen LogP contribution is 2.28. The average molecular weight is 301 g/mol. The molecule has 21 heavy (non-hydrogen) atoms. The Labute approximate surface area is 131 Å². The molecule has 0 fully saturated rings. The van der Waals surface area contributed by atoms with Crippen molar-refractivity contribution in [2.45, 2.75) is 39.3 Å². The van der Waals surface area contributed by atoms with Gasteiger partial charge in [-0.15, -0.1) is 11.3 Å². The first-order chi connectivity index (χ1) is 10.4. The maximum atomic E-state index is 4.76. The molecular formula is C17H23N3S. The van der Waals surface area contributed by atoms with Crippen LogP contribution in [0.3, 0.4) is 0 Å². The lowest BCUT2D eigenvalue weighted by Gasteiger charge is -2.30. The Morgan fingerprint density at radius 1 is 1.33 bits per heavy atom. The first-order valence-corrected chi connectivity index (χ1v) is 8.71. The van der Waals surface area contributed by atoms with Crippen molar-refractivity contribution in [2.75, 3.05) is 18.0 Å². The van der Waals surface area contributed by atoms with Crippen LogP contribution in [0.15, 0.2) is 29.6 Å². The molecule has 3 rings (SSSR count). The molecule has 2 heterocycles. The van der Waals surface area contributed by atoms with E-state index < -0.39 is 0 Å². The number of thiazole rings is 1. The van der Waals surface area contributed by atoms with Gasteiger partial charge in [-0.2, -0.15) is 0 Å². The number of rotatable bonds is 6.